The van der Waals surface area contributed by atoms with Crippen LogP contribution in [0.2, 0.25) is 0 Å². The van der Waals surface area contributed by atoms with Gasteiger partial charge >= 0.3 is 0 Å². The van der Waals surface area contributed by atoms with Crippen molar-refractivity contribution in [2.45, 2.75) is 24.7 Å². The van der Waals surface area contributed by atoms with Crippen molar-refractivity contribution in [2.75, 3.05) is 25.6 Å². The summed E-state index contributed by atoms with van der Waals surface area (Å²) in [7, 11) is -1.38. The highest BCUT2D eigenvalue weighted by Crippen LogP contribution is 2.32. The minimum absolute atomic E-state index is 0.0701. The van der Waals surface area contributed by atoms with Gasteiger partial charge in [-0.3, -0.25) is 9.63 Å². The van der Waals surface area contributed by atoms with E-state index in [0.29, 0.717) is 19.4 Å². The number of sulfonamides is 1. The summed E-state index contributed by atoms with van der Waals surface area (Å²) in [6, 6.07) is 8.96. The Morgan fingerprint density at radius 3 is 2.70 bits per heavy atom. The molecule has 0 aromatic heterocycles. The first-order valence-corrected chi connectivity index (χ1v) is 9.93. The van der Waals surface area contributed by atoms with Gasteiger partial charge in [0.15, 0.2) is 0 Å². The lowest BCUT2D eigenvalue weighted by molar-refractivity contribution is -0.0258. The standard InChI is InChI=1S/C19H21FN2O4S/c1-13-10-14-7-5-9-22(18(14)17(20)11-13)19(23)15-6-4-8-16(12-15)27(24,25)21(2)26-3/h4,6,8,10-12H,5,7,9H2,1-3H3. The van der Waals surface area contributed by atoms with E-state index in [0.717, 1.165) is 15.6 Å². The molecule has 1 aliphatic rings. The summed E-state index contributed by atoms with van der Waals surface area (Å²) in [4.78, 5) is 19.1. The molecule has 0 aliphatic carbocycles. The number of benzene rings is 2. The molecule has 0 N–H and O–H groups in total. The number of anilines is 1. The molecule has 1 heterocycles. The van der Waals surface area contributed by atoms with Gasteiger partial charge in [-0.15, -0.1) is 0 Å². The maximum atomic E-state index is 14.6. The van der Waals surface area contributed by atoms with Crippen molar-refractivity contribution in [3.05, 3.63) is 58.9 Å². The number of carbonyl (C=O) groups excluding carboxylic acids is 1. The maximum Gasteiger partial charge on any atom is 0.264 e. The van der Waals surface area contributed by atoms with Gasteiger partial charge in [-0.05, 0) is 55.2 Å². The zero-order chi connectivity index (χ0) is 19.8. The second-order valence-electron chi connectivity index (χ2n) is 6.44. The molecule has 27 heavy (non-hydrogen) atoms. The van der Waals surface area contributed by atoms with Gasteiger partial charge in [0.1, 0.15) is 5.82 Å². The van der Waals surface area contributed by atoms with Crippen LogP contribution in [0.3, 0.4) is 0 Å². The molecule has 1 amide bonds. The van der Waals surface area contributed by atoms with Crippen LogP contribution >= 0.6 is 0 Å². The van der Waals surface area contributed by atoms with Crippen LogP contribution < -0.4 is 4.90 Å². The summed E-state index contributed by atoms with van der Waals surface area (Å²) >= 11 is 0. The quantitative estimate of drug-likeness (QED) is 0.751. The molecule has 0 fully saturated rings. The molecule has 144 valence electrons. The van der Waals surface area contributed by atoms with Gasteiger partial charge in [0.25, 0.3) is 15.9 Å². The Morgan fingerprint density at radius 1 is 1.26 bits per heavy atom. The zero-order valence-corrected chi connectivity index (χ0v) is 16.2. The number of hydrogen-bond acceptors (Lipinski definition) is 4. The first-order chi connectivity index (χ1) is 12.8. The number of halogens is 1. The lowest BCUT2D eigenvalue weighted by Crippen LogP contribution is -2.36. The third-order valence-corrected chi connectivity index (χ3v) is 6.28. The third-order valence-electron chi connectivity index (χ3n) is 4.60. The smallest absolute Gasteiger partial charge is 0.264 e. The first-order valence-electron chi connectivity index (χ1n) is 8.49. The molecule has 0 unspecified atom stereocenters. The minimum atomic E-state index is -3.88. The summed E-state index contributed by atoms with van der Waals surface area (Å²) in [6.45, 7) is 2.19. The van der Waals surface area contributed by atoms with E-state index >= 15 is 0 Å². The van der Waals surface area contributed by atoms with E-state index in [4.69, 9.17) is 4.84 Å². The highest BCUT2D eigenvalue weighted by molar-refractivity contribution is 7.89. The average Bonchev–Trinajstić information content (AvgIpc) is 2.66. The SMILES string of the molecule is CON(C)S(=O)(=O)c1cccc(C(=O)N2CCCc3cc(C)cc(F)c32)c1. The van der Waals surface area contributed by atoms with Crippen LogP contribution in [0.15, 0.2) is 41.3 Å². The highest BCUT2D eigenvalue weighted by atomic mass is 32.2. The molecule has 2 aromatic carbocycles. The number of aryl methyl sites for hydroxylation is 2. The van der Waals surface area contributed by atoms with E-state index in [1.807, 2.05) is 13.0 Å². The summed E-state index contributed by atoms with van der Waals surface area (Å²) in [5, 5.41) is 0. The van der Waals surface area contributed by atoms with E-state index in [-0.39, 0.29) is 16.1 Å². The Kier molecular flexibility index (Phi) is 5.32. The maximum absolute atomic E-state index is 14.6. The van der Waals surface area contributed by atoms with Crippen molar-refractivity contribution in [1.82, 2.24) is 4.47 Å². The lowest BCUT2D eigenvalue weighted by atomic mass is 9.98. The Labute approximate surface area is 158 Å². The fourth-order valence-electron chi connectivity index (χ4n) is 3.23. The molecule has 6 nitrogen and oxygen atoms in total. The molecule has 0 saturated carbocycles. The van der Waals surface area contributed by atoms with Gasteiger partial charge in [-0.1, -0.05) is 16.6 Å². The summed E-state index contributed by atoms with van der Waals surface area (Å²) in [5.41, 5.74) is 2.04. The van der Waals surface area contributed by atoms with Crippen molar-refractivity contribution in [3.8, 4) is 0 Å². The van der Waals surface area contributed by atoms with Crippen LogP contribution in [0.1, 0.15) is 27.9 Å². The van der Waals surface area contributed by atoms with E-state index in [2.05, 4.69) is 0 Å². The van der Waals surface area contributed by atoms with Crippen molar-refractivity contribution in [1.29, 1.82) is 0 Å². The van der Waals surface area contributed by atoms with Crippen LogP contribution in [0, 0.1) is 12.7 Å². The van der Waals surface area contributed by atoms with Crippen LogP contribution in [0.4, 0.5) is 10.1 Å². The Bertz CT molecular complexity index is 991. The van der Waals surface area contributed by atoms with E-state index in [9.17, 15) is 17.6 Å². The van der Waals surface area contributed by atoms with Crippen molar-refractivity contribution >= 4 is 21.6 Å². The molecule has 0 bridgehead atoms. The second-order valence-corrected chi connectivity index (χ2v) is 8.38. The molecule has 0 atom stereocenters. The second kappa shape index (κ2) is 7.38. The van der Waals surface area contributed by atoms with Crippen molar-refractivity contribution in [3.63, 3.8) is 0 Å². The fourth-order valence-corrected chi connectivity index (χ4v) is 4.25. The molecule has 0 spiro atoms. The first kappa shape index (κ1) is 19.5. The Morgan fingerprint density at radius 2 is 2.00 bits per heavy atom. The van der Waals surface area contributed by atoms with E-state index in [1.54, 1.807) is 0 Å². The van der Waals surface area contributed by atoms with Gasteiger partial charge in [0.2, 0.25) is 0 Å². The third kappa shape index (κ3) is 3.60. The molecular weight excluding hydrogens is 371 g/mol. The number of hydroxylamine groups is 1. The Hall–Kier alpha value is -2.29. The van der Waals surface area contributed by atoms with Crippen LogP contribution in [-0.4, -0.2) is 39.5 Å². The monoisotopic (exact) mass is 392 g/mol. The van der Waals surface area contributed by atoms with Crippen LogP contribution in [0.5, 0.6) is 0 Å². The highest BCUT2D eigenvalue weighted by Gasteiger charge is 2.28. The van der Waals surface area contributed by atoms with E-state index < -0.39 is 21.7 Å². The molecule has 0 saturated heterocycles. The van der Waals surface area contributed by atoms with E-state index in [1.165, 1.54) is 49.4 Å². The average molecular weight is 392 g/mol. The molecule has 0 radical (unpaired) electrons. The summed E-state index contributed by atoms with van der Waals surface area (Å²) in [5.74, 6) is -0.878. The zero-order valence-electron chi connectivity index (χ0n) is 15.4. The molecule has 2 aromatic rings. The summed E-state index contributed by atoms with van der Waals surface area (Å²) < 4.78 is 40.1. The van der Waals surface area contributed by atoms with Gasteiger partial charge in [0, 0.05) is 19.2 Å². The van der Waals surface area contributed by atoms with Crippen LogP contribution in [-0.2, 0) is 21.3 Å². The number of nitrogens with zero attached hydrogens (tertiary/aromatic N) is 2. The fraction of sp³-hybridized carbons (Fsp3) is 0.316. The van der Waals surface area contributed by atoms with Crippen molar-refractivity contribution < 1.29 is 22.4 Å². The number of carbonyl (C=O) groups is 1. The lowest BCUT2D eigenvalue weighted by Gasteiger charge is -2.30. The number of hydrogen-bond donors (Lipinski definition) is 0. The molecular formula is C19H21FN2O4S. The molecule has 8 heteroatoms. The number of fused-ring (bicyclic) bond motifs is 1. The van der Waals surface area contributed by atoms with Gasteiger partial charge in [0.05, 0.1) is 17.7 Å². The Balaban J connectivity index is 2.01. The predicted octanol–water partition coefficient (Wildman–Crippen LogP) is 2.91. The van der Waals surface area contributed by atoms with Gasteiger partial charge in [-0.25, -0.2) is 12.8 Å². The topological polar surface area (TPSA) is 66.9 Å². The normalized spacial score (nSPS) is 14.3. The van der Waals surface area contributed by atoms with Gasteiger partial charge in [-0.2, -0.15) is 0 Å². The molecule has 3 rings (SSSR count). The number of amides is 1. The summed E-state index contributed by atoms with van der Waals surface area (Å²) in [6.07, 6.45) is 1.41. The number of rotatable bonds is 4. The predicted molar refractivity (Wildman–Crippen MR) is 99.5 cm³/mol. The van der Waals surface area contributed by atoms with Crippen LogP contribution in [0.25, 0.3) is 0 Å². The van der Waals surface area contributed by atoms with Gasteiger partial charge < -0.3 is 4.90 Å². The largest absolute Gasteiger partial charge is 0.305 e. The molecule has 1 aliphatic heterocycles. The minimum Gasteiger partial charge on any atom is -0.305 e. The van der Waals surface area contributed by atoms with Crippen molar-refractivity contribution in [2.24, 2.45) is 0 Å².